The largest absolute Gasteiger partial charge is 0.404 e. The van der Waals surface area contributed by atoms with Gasteiger partial charge in [-0.3, -0.25) is 0 Å². The normalized spacial score (nSPS) is 25.0. The average Bonchev–Trinajstić information content (AvgIpc) is 2.93. The molecule has 2 aliphatic heterocycles. The number of nitrogens with zero attached hydrogens (tertiary/aromatic N) is 1. The van der Waals surface area contributed by atoms with Crippen LogP contribution in [0.4, 0.5) is 18.9 Å². The maximum Gasteiger partial charge on any atom is 0.404 e. The Morgan fingerprint density at radius 1 is 1.10 bits per heavy atom. The van der Waals surface area contributed by atoms with Gasteiger partial charge in [0.25, 0.3) is 0 Å². The minimum atomic E-state index is -4.20. The second-order valence-electron chi connectivity index (χ2n) is 5.57. The topological polar surface area (TPSA) is 3.24 Å². The van der Waals surface area contributed by atoms with Crippen LogP contribution in [-0.4, -0.2) is 18.1 Å². The van der Waals surface area contributed by atoms with Crippen molar-refractivity contribution in [1.29, 1.82) is 0 Å². The molecule has 0 radical (unpaired) electrons. The second-order valence-corrected chi connectivity index (χ2v) is 6.86. The number of benzene rings is 2. The standard InChI is InChI=1S/C16H14F3NS/c17-16(18,19)15-12-8-7-10-4-1-2-5-11(10)14(12)20-9-3-6-13(20)21-15/h1-2,4-5,7-8,13,15H,3,6,9H2. The van der Waals surface area contributed by atoms with E-state index >= 15 is 0 Å². The molecule has 0 aromatic heterocycles. The summed E-state index contributed by atoms with van der Waals surface area (Å²) >= 11 is 1.06. The van der Waals surface area contributed by atoms with Crippen LogP contribution in [0.5, 0.6) is 0 Å². The smallest absolute Gasteiger partial charge is 0.359 e. The fourth-order valence-electron chi connectivity index (χ4n) is 3.42. The Balaban J connectivity index is 1.99. The summed E-state index contributed by atoms with van der Waals surface area (Å²) in [7, 11) is 0. The molecule has 2 atom stereocenters. The van der Waals surface area contributed by atoms with Gasteiger partial charge in [0, 0.05) is 11.9 Å². The molecular weight excluding hydrogens is 295 g/mol. The van der Waals surface area contributed by atoms with Gasteiger partial charge in [-0.05, 0) is 23.8 Å². The molecule has 1 nitrogen and oxygen atoms in total. The highest BCUT2D eigenvalue weighted by Crippen LogP contribution is 2.56. The highest BCUT2D eigenvalue weighted by Gasteiger charge is 2.49. The molecule has 2 aromatic carbocycles. The Hall–Kier alpha value is -1.36. The summed E-state index contributed by atoms with van der Waals surface area (Å²) in [4.78, 5) is 2.17. The van der Waals surface area contributed by atoms with E-state index in [1.807, 2.05) is 30.3 Å². The van der Waals surface area contributed by atoms with Crippen molar-refractivity contribution in [3.8, 4) is 0 Å². The van der Waals surface area contributed by atoms with Crippen molar-refractivity contribution in [1.82, 2.24) is 0 Å². The van der Waals surface area contributed by atoms with E-state index in [4.69, 9.17) is 0 Å². The van der Waals surface area contributed by atoms with Crippen LogP contribution in [0, 0.1) is 0 Å². The summed E-state index contributed by atoms with van der Waals surface area (Å²) in [5.41, 5.74) is 1.22. The molecule has 2 aromatic rings. The van der Waals surface area contributed by atoms with Crippen LogP contribution < -0.4 is 4.90 Å². The molecule has 110 valence electrons. The molecule has 0 amide bonds. The number of alkyl halides is 3. The Morgan fingerprint density at radius 3 is 2.71 bits per heavy atom. The van der Waals surface area contributed by atoms with E-state index in [1.54, 1.807) is 6.07 Å². The summed E-state index contributed by atoms with van der Waals surface area (Å²) < 4.78 is 40.3. The van der Waals surface area contributed by atoms with Gasteiger partial charge in [-0.1, -0.05) is 36.4 Å². The third-order valence-electron chi connectivity index (χ3n) is 4.29. The van der Waals surface area contributed by atoms with Crippen LogP contribution in [0.1, 0.15) is 23.7 Å². The first kappa shape index (κ1) is 13.3. The minimum absolute atomic E-state index is 0.0464. The fourth-order valence-corrected chi connectivity index (χ4v) is 4.89. The molecule has 1 saturated heterocycles. The molecule has 2 unspecified atom stereocenters. The van der Waals surface area contributed by atoms with E-state index < -0.39 is 11.4 Å². The first-order valence-corrected chi connectivity index (χ1v) is 8.00. The molecule has 2 aliphatic rings. The van der Waals surface area contributed by atoms with Gasteiger partial charge in [0.2, 0.25) is 0 Å². The Labute approximate surface area is 125 Å². The van der Waals surface area contributed by atoms with E-state index in [9.17, 15) is 13.2 Å². The van der Waals surface area contributed by atoms with Crippen LogP contribution in [0.2, 0.25) is 0 Å². The third-order valence-corrected chi connectivity index (χ3v) is 5.89. The van der Waals surface area contributed by atoms with Gasteiger partial charge in [0.05, 0.1) is 11.1 Å². The van der Waals surface area contributed by atoms with Crippen LogP contribution >= 0.6 is 11.8 Å². The second kappa shape index (κ2) is 4.57. The van der Waals surface area contributed by atoms with E-state index in [-0.39, 0.29) is 5.37 Å². The molecule has 4 rings (SSSR count). The monoisotopic (exact) mass is 309 g/mol. The number of halogens is 3. The number of hydrogen-bond acceptors (Lipinski definition) is 2. The van der Waals surface area contributed by atoms with E-state index in [1.165, 1.54) is 0 Å². The van der Waals surface area contributed by atoms with Crippen LogP contribution in [0.25, 0.3) is 10.8 Å². The molecule has 0 spiro atoms. The number of hydrogen-bond donors (Lipinski definition) is 0. The lowest BCUT2D eigenvalue weighted by atomic mass is 10.00. The van der Waals surface area contributed by atoms with E-state index in [0.717, 1.165) is 47.6 Å². The van der Waals surface area contributed by atoms with Gasteiger partial charge >= 0.3 is 6.18 Å². The SMILES string of the molecule is FC(F)(F)C1SC2CCCN2c2c1ccc1ccccc21. The summed E-state index contributed by atoms with van der Waals surface area (Å²) in [5.74, 6) is 0. The van der Waals surface area contributed by atoms with Crippen LogP contribution in [-0.2, 0) is 0 Å². The van der Waals surface area contributed by atoms with Crippen molar-refractivity contribution in [3.05, 3.63) is 42.0 Å². The minimum Gasteiger partial charge on any atom is -0.359 e. The Morgan fingerprint density at radius 2 is 1.90 bits per heavy atom. The molecule has 0 aliphatic carbocycles. The molecular formula is C16H14F3NS. The molecule has 21 heavy (non-hydrogen) atoms. The molecule has 5 heteroatoms. The number of anilines is 1. The van der Waals surface area contributed by atoms with Crippen LogP contribution in [0.3, 0.4) is 0 Å². The van der Waals surface area contributed by atoms with E-state index in [2.05, 4.69) is 4.90 Å². The zero-order valence-electron chi connectivity index (χ0n) is 11.2. The summed E-state index contributed by atoms with van der Waals surface area (Å²) in [6, 6.07) is 11.2. The number of rotatable bonds is 0. The summed E-state index contributed by atoms with van der Waals surface area (Å²) in [6.45, 7) is 0.850. The van der Waals surface area contributed by atoms with Crippen molar-refractivity contribution in [2.45, 2.75) is 29.6 Å². The molecule has 0 bridgehead atoms. The first-order valence-electron chi connectivity index (χ1n) is 7.06. The predicted molar refractivity (Wildman–Crippen MR) is 80.7 cm³/mol. The maximum absolute atomic E-state index is 13.4. The predicted octanol–water partition coefficient (Wildman–Crippen LogP) is 5.12. The lowest BCUT2D eigenvalue weighted by molar-refractivity contribution is -0.130. The lowest BCUT2D eigenvalue weighted by Crippen LogP contribution is -2.36. The summed E-state index contributed by atoms with van der Waals surface area (Å²) in [5, 5.41) is 0.498. The van der Waals surface area contributed by atoms with Crippen molar-refractivity contribution >= 4 is 28.2 Å². The maximum atomic E-state index is 13.4. The fraction of sp³-hybridized carbons (Fsp3) is 0.375. The highest BCUT2D eigenvalue weighted by atomic mass is 32.2. The van der Waals surface area contributed by atoms with Gasteiger partial charge in [0.1, 0.15) is 5.25 Å². The number of fused-ring (bicyclic) bond motifs is 5. The molecule has 2 heterocycles. The zero-order chi connectivity index (χ0) is 14.6. The quantitative estimate of drug-likeness (QED) is 0.665. The Kier molecular flexibility index (Phi) is 2.89. The lowest BCUT2D eigenvalue weighted by Gasteiger charge is -2.39. The van der Waals surface area contributed by atoms with Gasteiger partial charge in [0.15, 0.2) is 0 Å². The molecule has 0 saturated carbocycles. The highest BCUT2D eigenvalue weighted by molar-refractivity contribution is 8.00. The van der Waals surface area contributed by atoms with E-state index in [0.29, 0.717) is 5.56 Å². The summed E-state index contributed by atoms with van der Waals surface area (Å²) in [6.07, 6.45) is -2.40. The molecule has 1 fully saturated rings. The van der Waals surface area contributed by atoms with Gasteiger partial charge < -0.3 is 4.90 Å². The van der Waals surface area contributed by atoms with Crippen LogP contribution in [0.15, 0.2) is 36.4 Å². The first-order chi connectivity index (χ1) is 10.1. The van der Waals surface area contributed by atoms with Gasteiger partial charge in [-0.25, -0.2) is 0 Å². The van der Waals surface area contributed by atoms with Crippen molar-refractivity contribution in [3.63, 3.8) is 0 Å². The number of thioether (sulfide) groups is 1. The Bertz CT molecular complexity index is 697. The van der Waals surface area contributed by atoms with Gasteiger partial charge in [-0.15, -0.1) is 11.8 Å². The van der Waals surface area contributed by atoms with Crippen molar-refractivity contribution in [2.24, 2.45) is 0 Å². The third kappa shape index (κ3) is 2.01. The van der Waals surface area contributed by atoms with Crippen molar-refractivity contribution < 1.29 is 13.2 Å². The molecule has 0 N–H and O–H groups in total. The van der Waals surface area contributed by atoms with Gasteiger partial charge in [-0.2, -0.15) is 13.2 Å². The van der Waals surface area contributed by atoms with Crippen molar-refractivity contribution in [2.75, 3.05) is 11.4 Å². The average molecular weight is 309 g/mol. The zero-order valence-corrected chi connectivity index (χ0v) is 12.0.